The summed E-state index contributed by atoms with van der Waals surface area (Å²) < 4.78 is 11.6. The second kappa shape index (κ2) is 6.70. The molecule has 0 saturated carbocycles. The highest BCUT2D eigenvalue weighted by atomic mass is 35.5. The Bertz CT molecular complexity index is 951. The van der Waals surface area contributed by atoms with Crippen LogP contribution < -0.4 is 20.5 Å². The molecule has 0 aliphatic rings. The molecule has 0 fully saturated rings. The number of nitrogens with one attached hydrogen (secondary N) is 1. The normalized spacial score (nSPS) is 10.7. The van der Waals surface area contributed by atoms with Crippen molar-refractivity contribution in [2.45, 2.75) is 0 Å². The molecule has 130 valence electrons. The van der Waals surface area contributed by atoms with Crippen LogP contribution in [0.4, 0.5) is 16.3 Å². The van der Waals surface area contributed by atoms with Crippen LogP contribution in [0.5, 0.6) is 11.5 Å². The van der Waals surface area contributed by atoms with Gasteiger partial charge in [0.15, 0.2) is 17.3 Å². The zero-order valence-electron chi connectivity index (χ0n) is 13.3. The van der Waals surface area contributed by atoms with Crippen molar-refractivity contribution in [3.05, 3.63) is 40.4 Å². The first-order chi connectivity index (χ1) is 12.0. The minimum atomic E-state index is -0.566. The van der Waals surface area contributed by atoms with Gasteiger partial charge in [0.2, 0.25) is 0 Å². The number of carbonyl (C=O) groups is 1. The lowest BCUT2D eigenvalue weighted by atomic mass is 10.2. The SMILES string of the molecule is COc1cc2c(N)nn(C(=O)Nc3c(Cl)cccc3Cl)c2cc1OC. The number of aromatic nitrogens is 2. The van der Waals surface area contributed by atoms with Crippen molar-refractivity contribution in [3.8, 4) is 11.5 Å². The van der Waals surface area contributed by atoms with Crippen molar-refractivity contribution in [2.75, 3.05) is 25.3 Å². The number of methoxy groups -OCH3 is 2. The molecule has 0 unspecified atom stereocenters. The average Bonchev–Trinajstić information content (AvgIpc) is 2.93. The summed E-state index contributed by atoms with van der Waals surface area (Å²) in [6.07, 6.45) is 0. The Morgan fingerprint density at radius 3 is 2.36 bits per heavy atom. The molecule has 0 radical (unpaired) electrons. The molecule has 1 aromatic heterocycles. The van der Waals surface area contributed by atoms with Crippen molar-refractivity contribution in [1.29, 1.82) is 0 Å². The molecule has 1 amide bonds. The van der Waals surface area contributed by atoms with Crippen LogP contribution in [-0.2, 0) is 0 Å². The Morgan fingerprint density at radius 2 is 1.76 bits per heavy atom. The highest BCUT2D eigenvalue weighted by molar-refractivity contribution is 6.39. The topological polar surface area (TPSA) is 91.4 Å². The van der Waals surface area contributed by atoms with E-state index in [1.54, 1.807) is 30.3 Å². The summed E-state index contributed by atoms with van der Waals surface area (Å²) in [7, 11) is 3.01. The van der Waals surface area contributed by atoms with Crippen LogP contribution in [0.3, 0.4) is 0 Å². The van der Waals surface area contributed by atoms with E-state index in [0.29, 0.717) is 38.1 Å². The number of amides is 1. The molecular formula is C16H14Cl2N4O3. The van der Waals surface area contributed by atoms with E-state index in [9.17, 15) is 4.79 Å². The number of halogens is 2. The predicted molar refractivity (Wildman–Crippen MR) is 98.1 cm³/mol. The minimum Gasteiger partial charge on any atom is -0.493 e. The maximum absolute atomic E-state index is 12.6. The van der Waals surface area contributed by atoms with Crippen LogP contribution in [0.2, 0.25) is 10.0 Å². The second-order valence-electron chi connectivity index (χ2n) is 5.05. The van der Waals surface area contributed by atoms with Gasteiger partial charge in [0.1, 0.15) is 0 Å². The maximum Gasteiger partial charge on any atom is 0.347 e. The third-order valence-corrected chi connectivity index (χ3v) is 4.23. The Kier molecular flexibility index (Phi) is 4.61. The summed E-state index contributed by atoms with van der Waals surface area (Å²) in [6.45, 7) is 0. The largest absolute Gasteiger partial charge is 0.493 e. The summed E-state index contributed by atoms with van der Waals surface area (Å²) in [6, 6.07) is 7.62. The van der Waals surface area contributed by atoms with Crippen molar-refractivity contribution >= 4 is 51.6 Å². The molecule has 0 bridgehead atoms. The van der Waals surface area contributed by atoms with Crippen molar-refractivity contribution in [3.63, 3.8) is 0 Å². The number of hydrogen-bond donors (Lipinski definition) is 2. The molecule has 9 heteroatoms. The van der Waals surface area contributed by atoms with Gasteiger partial charge in [-0.05, 0) is 18.2 Å². The first-order valence-corrected chi connectivity index (χ1v) is 7.87. The molecule has 1 heterocycles. The van der Waals surface area contributed by atoms with E-state index >= 15 is 0 Å². The molecular weight excluding hydrogens is 367 g/mol. The molecule has 0 spiro atoms. The number of fused-ring (bicyclic) bond motifs is 1. The number of para-hydroxylation sites is 1. The van der Waals surface area contributed by atoms with E-state index in [0.717, 1.165) is 4.68 Å². The summed E-state index contributed by atoms with van der Waals surface area (Å²) in [5, 5.41) is 7.89. The lowest BCUT2D eigenvalue weighted by Crippen LogP contribution is -2.21. The van der Waals surface area contributed by atoms with Crippen LogP contribution in [0.15, 0.2) is 30.3 Å². The van der Waals surface area contributed by atoms with Crippen molar-refractivity contribution in [2.24, 2.45) is 0 Å². The van der Waals surface area contributed by atoms with Crippen LogP contribution in [0.1, 0.15) is 0 Å². The molecule has 0 aliphatic heterocycles. The van der Waals surface area contributed by atoms with Crippen molar-refractivity contribution < 1.29 is 14.3 Å². The fourth-order valence-corrected chi connectivity index (χ4v) is 2.89. The van der Waals surface area contributed by atoms with Gasteiger partial charge in [-0.3, -0.25) is 0 Å². The fourth-order valence-electron chi connectivity index (χ4n) is 2.40. The number of nitrogen functional groups attached to an aromatic ring is 1. The number of ether oxygens (including phenoxy) is 2. The average molecular weight is 381 g/mol. The smallest absolute Gasteiger partial charge is 0.347 e. The lowest BCUT2D eigenvalue weighted by molar-refractivity contribution is 0.252. The van der Waals surface area contributed by atoms with Gasteiger partial charge in [-0.25, -0.2) is 4.79 Å². The number of anilines is 2. The van der Waals surface area contributed by atoms with Crippen molar-refractivity contribution in [1.82, 2.24) is 9.78 Å². The van der Waals surface area contributed by atoms with E-state index in [1.165, 1.54) is 14.2 Å². The van der Waals surface area contributed by atoms with Gasteiger partial charge >= 0.3 is 6.03 Å². The number of carbonyl (C=O) groups excluding carboxylic acids is 1. The monoisotopic (exact) mass is 380 g/mol. The standard InChI is InChI=1S/C16H14Cl2N4O3/c1-24-12-6-8-11(7-13(12)25-2)22(21-15(8)19)16(23)20-14-9(17)4-3-5-10(14)18/h3-7H,1-2H3,(H2,19,21)(H,20,23). The van der Waals surface area contributed by atoms with E-state index in [-0.39, 0.29) is 5.82 Å². The second-order valence-corrected chi connectivity index (χ2v) is 5.86. The van der Waals surface area contributed by atoms with Gasteiger partial charge in [0, 0.05) is 11.5 Å². The fraction of sp³-hybridized carbons (Fsp3) is 0.125. The number of hydrogen-bond acceptors (Lipinski definition) is 5. The van der Waals surface area contributed by atoms with Crippen LogP contribution in [-0.4, -0.2) is 30.0 Å². The summed E-state index contributed by atoms with van der Waals surface area (Å²) in [5.74, 6) is 1.10. The summed E-state index contributed by atoms with van der Waals surface area (Å²) >= 11 is 12.2. The maximum atomic E-state index is 12.6. The number of rotatable bonds is 3. The van der Waals surface area contributed by atoms with Gasteiger partial charge in [-0.1, -0.05) is 29.3 Å². The number of nitrogens with two attached hydrogens (primary N) is 1. The first kappa shape index (κ1) is 17.2. The van der Waals surface area contributed by atoms with E-state index < -0.39 is 6.03 Å². The third kappa shape index (κ3) is 3.04. The molecule has 3 aromatic rings. The summed E-state index contributed by atoms with van der Waals surface area (Å²) in [5.41, 5.74) is 6.67. The quantitative estimate of drug-likeness (QED) is 0.715. The molecule has 3 rings (SSSR count). The first-order valence-electron chi connectivity index (χ1n) is 7.12. The highest BCUT2D eigenvalue weighted by Crippen LogP contribution is 2.35. The third-order valence-electron chi connectivity index (χ3n) is 3.60. The van der Waals surface area contributed by atoms with Gasteiger partial charge in [-0.15, -0.1) is 5.10 Å². The minimum absolute atomic E-state index is 0.177. The van der Waals surface area contributed by atoms with Crippen LogP contribution in [0, 0.1) is 0 Å². The van der Waals surface area contributed by atoms with Crippen LogP contribution >= 0.6 is 23.2 Å². The van der Waals surface area contributed by atoms with E-state index in [4.69, 9.17) is 38.4 Å². The highest BCUT2D eigenvalue weighted by Gasteiger charge is 2.19. The Balaban J connectivity index is 2.08. The summed E-state index contributed by atoms with van der Waals surface area (Å²) in [4.78, 5) is 12.6. The zero-order valence-corrected chi connectivity index (χ0v) is 14.9. The predicted octanol–water partition coefficient (Wildman–Crippen LogP) is 4.02. The Labute approximate surface area is 153 Å². The molecule has 7 nitrogen and oxygen atoms in total. The molecule has 0 saturated heterocycles. The van der Waals surface area contributed by atoms with E-state index in [1.807, 2.05) is 0 Å². The number of benzene rings is 2. The molecule has 0 aliphatic carbocycles. The molecule has 3 N–H and O–H groups in total. The molecule has 2 aromatic carbocycles. The van der Waals surface area contributed by atoms with E-state index in [2.05, 4.69) is 10.4 Å². The van der Waals surface area contributed by atoms with Gasteiger partial charge in [0.25, 0.3) is 0 Å². The van der Waals surface area contributed by atoms with Gasteiger partial charge in [-0.2, -0.15) is 4.68 Å². The zero-order chi connectivity index (χ0) is 18.1. The van der Waals surface area contributed by atoms with Crippen LogP contribution in [0.25, 0.3) is 10.9 Å². The number of nitrogens with zero attached hydrogens (tertiary/aromatic N) is 2. The Hall–Kier alpha value is -2.64. The molecule has 25 heavy (non-hydrogen) atoms. The molecule has 0 atom stereocenters. The Morgan fingerprint density at radius 1 is 1.16 bits per heavy atom. The van der Waals surface area contributed by atoms with Gasteiger partial charge in [0.05, 0.1) is 35.5 Å². The van der Waals surface area contributed by atoms with Gasteiger partial charge < -0.3 is 20.5 Å². The lowest BCUT2D eigenvalue weighted by Gasteiger charge is -2.10.